The predicted octanol–water partition coefficient (Wildman–Crippen LogP) is 4.14. The van der Waals surface area contributed by atoms with E-state index >= 15 is 0 Å². The summed E-state index contributed by atoms with van der Waals surface area (Å²) in [6.07, 6.45) is 7.05. The summed E-state index contributed by atoms with van der Waals surface area (Å²) in [5.74, 6) is 1.59. The lowest BCUT2D eigenvalue weighted by atomic mass is 10.1. The van der Waals surface area contributed by atoms with Crippen LogP contribution in [0.5, 0.6) is 6.01 Å². The monoisotopic (exact) mass is 378 g/mol. The Labute approximate surface area is 165 Å². The predicted molar refractivity (Wildman–Crippen MR) is 108 cm³/mol. The molecule has 6 nitrogen and oxygen atoms in total. The van der Waals surface area contributed by atoms with Gasteiger partial charge in [-0.2, -0.15) is 0 Å². The fourth-order valence-electron chi connectivity index (χ4n) is 3.73. The first-order chi connectivity index (χ1) is 13.6. The third-order valence-electron chi connectivity index (χ3n) is 5.49. The Hall–Kier alpha value is -2.73. The SMILES string of the molecule is COc1ncc(-c2ccc(-c3nc(CCN4CCC[C@H]4C)c(C)o3)cc2)cn1. The van der Waals surface area contributed by atoms with E-state index in [1.54, 1.807) is 19.5 Å². The Bertz CT molecular complexity index is 919. The number of likely N-dealkylation sites (tertiary alicyclic amines) is 1. The van der Waals surface area contributed by atoms with Crippen LogP contribution in [0.15, 0.2) is 41.1 Å². The van der Waals surface area contributed by atoms with Crippen LogP contribution >= 0.6 is 0 Å². The molecule has 28 heavy (non-hydrogen) atoms. The van der Waals surface area contributed by atoms with E-state index in [2.05, 4.69) is 21.8 Å². The van der Waals surface area contributed by atoms with Gasteiger partial charge in [-0.15, -0.1) is 0 Å². The average molecular weight is 378 g/mol. The molecule has 0 radical (unpaired) electrons. The lowest BCUT2D eigenvalue weighted by molar-refractivity contribution is 0.271. The Kier molecular flexibility index (Phi) is 5.39. The highest BCUT2D eigenvalue weighted by molar-refractivity contribution is 5.66. The van der Waals surface area contributed by atoms with Gasteiger partial charge in [0.25, 0.3) is 0 Å². The van der Waals surface area contributed by atoms with Crippen LogP contribution < -0.4 is 4.74 Å². The van der Waals surface area contributed by atoms with Crippen LogP contribution in [-0.2, 0) is 6.42 Å². The molecule has 1 saturated heterocycles. The van der Waals surface area contributed by atoms with Gasteiger partial charge >= 0.3 is 6.01 Å². The van der Waals surface area contributed by atoms with Gasteiger partial charge in [-0.1, -0.05) is 12.1 Å². The van der Waals surface area contributed by atoms with Gasteiger partial charge in [-0.05, 0) is 50.9 Å². The second-order valence-electron chi connectivity index (χ2n) is 7.33. The first-order valence-corrected chi connectivity index (χ1v) is 9.81. The molecule has 0 saturated carbocycles. The van der Waals surface area contributed by atoms with Gasteiger partial charge in [-0.3, -0.25) is 0 Å². The number of benzene rings is 1. The number of hydrogen-bond donors (Lipinski definition) is 0. The second-order valence-corrected chi connectivity index (χ2v) is 7.33. The lowest BCUT2D eigenvalue weighted by Gasteiger charge is -2.20. The largest absolute Gasteiger partial charge is 0.467 e. The van der Waals surface area contributed by atoms with Crippen LogP contribution in [0.1, 0.15) is 31.2 Å². The van der Waals surface area contributed by atoms with E-state index in [-0.39, 0.29) is 0 Å². The molecule has 1 aliphatic heterocycles. The fraction of sp³-hybridized carbons (Fsp3) is 0.409. The van der Waals surface area contributed by atoms with Crippen LogP contribution in [0.25, 0.3) is 22.6 Å². The molecule has 1 atom stereocenters. The zero-order valence-electron chi connectivity index (χ0n) is 16.7. The molecule has 3 heterocycles. The molecule has 2 aromatic heterocycles. The molecule has 146 valence electrons. The maximum absolute atomic E-state index is 5.95. The van der Waals surface area contributed by atoms with Gasteiger partial charge in [0.1, 0.15) is 5.76 Å². The number of ether oxygens (including phenoxy) is 1. The summed E-state index contributed by atoms with van der Waals surface area (Å²) in [7, 11) is 1.56. The van der Waals surface area contributed by atoms with E-state index in [0.717, 1.165) is 41.1 Å². The molecule has 0 amide bonds. The van der Waals surface area contributed by atoms with Gasteiger partial charge in [0.2, 0.25) is 5.89 Å². The maximum atomic E-state index is 5.95. The number of rotatable bonds is 6. The third-order valence-corrected chi connectivity index (χ3v) is 5.49. The molecule has 0 aliphatic carbocycles. The number of nitrogens with zero attached hydrogens (tertiary/aromatic N) is 4. The van der Waals surface area contributed by atoms with Crippen LogP contribution in [0.4, 0.5) is 0 Å². The molecule has 1 aromatic carbocycles. The Balaban J connectivity index is 1.46. The van der Waals surface area contributed by atoms with Crippen LogP contribution in [-0.4, -0.2) is 46.1 Å². The van der Waals surface area contributed by atoms with Gasteiger partial charge in [0, 0.05) is 42.5 Å². The highest BCUT2D eigenvalue weighted by Gasteiger charge is 2.21. The van der Waals surface area contributed by atoms with Gasteiger partial charge in [0.15, 0.2) is 0 Å². The van der Waals surface area contributed by atoms with Crippen molar-refractivity contribution < 1.29 is 9.15 Å². The number of aryl methyl sites for hydroxylation is 1. The summed E-state index contributed by atoms with van der Waals surface area (Å²) >= 11 is 0. The molecule has 1 aliphatic rings. The maximum Gasteiger partial charge on any atom is 0.316 e. The average Bonchev–Trinajstić information content (AvgIpc) is 3.31. The van der Waals surface area contributed by atoms with E-state index in [4.69, 9.17) is 14.1 Å². The summed E-state index contributed by atoms with van der Waals surface area (Å²) in [4.78, 5) is 15.6. The molecular formula is C22H26N4O2. The summed E-state index contributed by atoms with van der Waals surface area (Å²) < 4.78 is 11.0. The number of hydrogen-bond acceptors (Lipinski definition) is 6. The molecular weight excluding hydrogens is 352 g/mol. The first-order valence-electron chi connectivity index (χ1n) is 9.81. The van der Waals surface area contributed by atoms with Crippen LogP contribution in [0.3, 0.4) is 0 Å². The van der Waals surface area contributed by atoms with Crippen molar-refractivity contribution in [2.45, 2.75) is 39.2 Å². The van der Waals surface area contributed by atoms with Crippen molar-refractivity contribution in [1.82, 2.24) is 19.9 Å². The van der Waals surface area contributed by atoms with Crippen molar-refractivity contribution in [3.8, 4) is 28.6 Å². The molecule has 4 rings (SSSR count). The van der Waals surface area contributed by atoms with E-state index in [1.165, 1.54) is 19.4 Å². The van der Waals surface area contributed by atoms with Crippen LogP contribution in [0.2, 0.25) is 0 Å². The Morgan fingerprint density at radius 1 is 1.11 bits per heavy atom. The molecule has 1 fully saturated rings. The lowest BCUT2D eigenvalue weighted by Crippen LogP contribution is -2.29. The number of oxazole rings is 1. The summed E-state index contributed by atoms with van der Waals surface area (Å²) in [5.41, 5.74) is 4.01. The van der Waals surface area contributed by atoms with E-state index < -0.39 is 0 Å². The van der Waals surface area contributed by atoms with E-state index in [1.807, 2.05) is 31.2 Å². The molecule has 3 aromatic rings. The summed E-state index contributed by atoms with van der Waals surface area (Å²) in [5, 5.41) is 0. The summed E-state index contributed by atoms with van der Waals surface area (Å²) in [6.45, 7) is 6.55. The number of aromatic nitrogens is 3. The van der Waals surface area contributed by atoms with Crippen molar-refractivity contribution in [2.75, 3.05) is 20.2 Å². The standard InChI is InChI=1S/C22H26N4O2/c1-15-5-4-11-26(15)12-10-20-16(2)28-21(25-20)18-8-6-17(7-9-18)19-13-23-22(27-3)24-14-19/h6-9,13-15H,4-5,10-12H2,1-3H3/t15-/m1/s1. The van der Waals surface area contributed by atoms with E-state index in [0.29, 0.717) is 17.9 Å². The third kappa shape index (κ3) is 3.92. The van der Waals surface area contributed by atoms with Crippen molar-refractivity contribution >= 4 is 0 Å². The van der Waals surface area contributed by atoms with Gasteiger partial charge < -0.3 is 14.1 Å². The van der Waals surface area contributed by atoms with Crippen molar-refractivity contribution in [3.05, 3.63) is 48.1 Å². The quantitative estimate of drug-likeness (QED) is 0.642. The molecule has 6 heteroatoms. The molecule has 0 spiro atoms. The smallest absolute Gasteiger partial charge is 0.316 e. The zero-order chi connectivity index (χ0) is 19.5. The normalized spacial score (nSPS) is 17.2. The molecule has 0 unspecified atom stereocenters. The second kappa shape index (κ2) is 8.10. The highest BCUT2D eigenvalue weighted by Crippen LogP contribution is 2.26. The molecule has 0 N–H and O–H groups in total. The van der Waals surface area contributed by atoms with Crippen molar-refractivity contribution in [3.63, 3.8) is 0 Å². The zero-order valence-corrected chi connectivity index (χ0v) is 16.7. The minimum absolute atomic E-state index is 0.367. The Morgan fingerprint density at radius 3 is 2.46 bits per heavy atom. The minimum Gasteiger partial charge on any atom is -0.467 e. The topological polar surface area (TPSA) is 64.3 Å². The first kappa shape index (κ1) is 18.6. The van der Waals surface area contributed by atoms with E-state index in [9.17, 15) is 0 Å². The minimum atomic E-state index is 0.367. The Morgan fingerprint density at radius 2 is 1.82 bits per heavy atom. The van der Waals surface area contributed by atoms with Crippen molar-refractivity contribution in [2.24, 2.45) is 0 Å². The molecule has 0 bridgehead atoms. The van der Waals surface area contributed by atoms with Gasteiger partial charge in [-0.25, -0.2) is 15.0 Å². The van der Waals surface area contributed by atoms with Gasteiger partial charge in [0.05, 0.1) is 12.8 Å². The van der Waals surface area contributed by atoms with Crippen molar-refractivity contribution in [1.29, 1.82) is 0 Å². The fourth-order valence-corrected chi connectivity index (χ4v) is 3.73. The highest BCUT2D eigenvalue weighted by atomic mass is 16.5. The number of methoxy groups -OCH3 is 1. The summed E-state index contributed by atoms with van der Waals surface area (Å²) in [6, 6.07) is 9.17. The van der Waals surface area contributed by atoms with Crippen LogP contribution in [0, 0.1) is 6.92 Å².